The van der Waals surface area contributed by atoms with Gasteiger partial charge >= 0.3 is 0 Å². The van der Waals surface area contributed by atoms with Crippen molar-refractivity contribution in [2.24, 2.45) is 5.92 Å². The first kappa shape index (κ1) is 11.0. The molecule has 0 aromatic carbocycles. The fraction of sp³-hybridized carbons (Fsp3) is 0.583. The lowest BCUT2D eigenvalue weighted by Gasteiger charge is -2.07. The van der Waals surface area contributed by atoms with Crippen LogP contribution in [0.15, 0.2) is 23.1 Å². The minimum absolute atomic E-state index is 0.149. The Balaban J connectivity index is 2.59. The quantitative estimate of drug-likeness (QED) is 0.720. The molecule has 0 saturated carbocycles. The molecular weight excluding hydrogens is 174 g/mol. The van der Waals surface area contributed by atoms with Crippen LogP contribution in [0.3, 0.4) is 0 Å². The molecule has 1 aromatic rings. The van der Waals surface area contributed by atoms with Crippen molar-refractivity contribution in [2.45, 2.75) is 40.2 Å². The molecule has 2 heteroatoms. The van der Waals surface area contributed by atoms with Crippen LogP contribution in [0.5, 0.6) is 0 Å². The van der Waals surface area contributed by atoms with E-state index < -0.39 is 0 Å². The Morgan fingerprint density at radius 1 is 1.43 bits per heavy atom. The maximum atomic E-state index is 11.6. The summed E-state index contributed by atoms with van der Waals surface area (Å²) in [5, 5.41) is 0. The summed E-state index contributed by atoms with van der Waals surface area (Å²) in [6.07, 6.45) is 4.14. The third-order valence-corrected chi connectivity index (χ3v) is 2.39. The Kier molecular flexibility index (Phi) is 3.93. The van der Waals surface area contributed by atoms with E-state index in [0.29, 0.717) is 0 Å². The summed E-state index contributed by atoms with van der Waals surface area (Å²) in [5.41, 5.74) is 0.980. The standard InChI is InChI=1S/C12H19NO/c1-10(2)6-4-8-13-9-5-7-11(3)12(13)14/h5,7,9-10H,4,6,8H2,1-3H3. The normalized spacial score (nSPS) is 10.9. The van der Waals surface area contributed by atoms with E-state index in [1.807, 2.05) is 25.3 Å². The molecule has 1 aromatic heterocycles. The lowest BCUT2D eigenvalue weighted by atomic mass is 10.1. The molecule has 0 unspecified atom stereocenters. The molecule has 0 aliphatic rings. The molecule has 1 heterocycles. The molecule has 0 fully saturated rings. The lowest BCUT2D eigenvalue weighted by molar-refractivity contribution is 0.505. The zero-order chi connectivity index (χ0) is 10.6. The maximum Gasteiger partial charge on any atom is 0.253 e. The molecule has 0 atom stereocenters. The molecule has 0 amide bonds. The molecule has 0 aliphatic heterocycles. The minimum Gasteiger partial charge on any atom is -0.315 e. The average molecular weight is 193 g/mol. The fourth-order valence-electron chi connectivity index (χ4n) is 1.50. The number of hydrogen-bond donors (Lipinski definition) is 0. The van der Waals surface area contributed by atoms with E-state index in [2.05, 4.69) is 13.8 Å². The summed E-state index contributed by atoms with van der Waals surface area (Å²) < 4.78 is 1.80. The highest BCUT2D eigenvalue weighted by molar-refractivity contribution is 5.07. The zero-order valence-electron chi connectivity index (χ0n) is 9.29. The predicted molar refractivity (Wildman–Crippen MR) is 59.5 cm³/mol. The van der Waals surface area contributed by atoms with Crippen molar-refractivity contribution < 1.29 is 0 Å². The fourth-order valence-corrected chi connectivity index (χ4v) is 1.50. The Morgan fingerprint density at radius 3 is 2.79 bits per heavy atom. The Hall–Kier alpha value is -1.05. The van der Waals surface area contributed by atoms with Crippen LogP contribution >= 0.6 is 0 Å². The number of aryl methyl sites for hydroxylation is 2. The number of aromatic nitrogens is 1. The molecule has 0 radical (unpaired) electrons. The van der Waals surface area contributed by atoms with Gasteiger partial charge in [0.2, 0.25) is 0 Å². The van der Waals surface area contributed by atoms with Crippen LogP contribution in [0.1, 0.15) is 32.3 Å². The number of nitrogens with zero attached hydrogens (tertiary/aromatic N) is 1. The number of rotatable bonds is 4. The molecule has 0 spiro atoms. The van der Waals surface area contributed by atoms with Crippen molar-refractivity contribution in [2.75, 3.05) is 0 Å². The second-order valence-electron chi connectivity index (χ2n) is 4.23. The second kappa shape index (κ2) is 4.99. The first-order valence-corrected chi connectivity index (χ1v) is 5.27. The molecule has 0 bridgehead atoms. The summed E-state index contributed by atoms with van der Waals surface area (Å²) in [6, 6.07) is 3.80. The molecule has 0 aliphatic carbocycles. The van der Waals surface area contributed by atoms with E-state index in [1.165, 1.54) is 6.42 Å². The SMILES string of the molecule is Cc1cccn(CCCC(C)C)c1=O. The molecule has 0 N–H and O–H groups in total. The molecule has 2 nitrogen and oxygen atoms in total. The molecule has 78 valence electrons. The van der Waals surface area contributed by atoms with Gasteiger partial charge in [-0.1, -0.05) is 19.9 Å². The monoisotopic (exact) mass is 193 g/mol. The van der Waals surface area contributed by atoms with Gasteiger partial charge < -0.3 is 4.57 Å². The molecular formula is C12H19NO. The third-order valence-electron chi connectivity index (χ3n) is 2.39. The van der Waals surface area contributed by atoms with Crippen LogP contribution < -0.4 is 5.56 Å². The zero-order valence-corrected chi connectivity index (χ0v) is 9.29. The van der Waals surface area contributed by atoms with Crippen LogP contribution in [-0.2, 0) is 6.54 Å². The van der Waals surface area contributed by atoms with Gasteiger partial charge in [-0.3, -0.25) is 4.79 Å². The molecule has 14 heavy (non-hydrogen) atoms. The highest BCUT2D eigenvalue weighted by Gasteiger charge is 1.99. The topological polar surface area (TPSA) is 22.0 Å². The van der Waals surface area contributed by atoms with Gasteiger partial charge in [0.25, 0.3) is 5.56 Å². The maximum absolute atomic E-state index is 11.6. The van der Waals surface area contributed by atoms with Crippen LogP contribution in [0.25, 0.3) is 0 Å². The Morgan fingerprint density at radius 2 is 2.14 bits per heavy atom. The molecule has 0 saturated heterocycles. The van der Waals surface area contributed by atoms with Gasteiger partial charge in [-0.05, 0) is 31.7 Å². The first-order valence-electron chi connectivity index (χ1n) is 5.27. The summed E-state index contributed by atoms with van der Waals surface area (Å²) in [5.74, 6) is 0.718. The number of hydrogen-bond acceptors (Lipinski definition) is 1. The largest absolute Gasteiger partial charge is 0.315 e. The molecule has 1 rings (SSSR count). The van der Waals surface area contributed by atoms with Gasteiger partial charge in [0.15, 0.2) is 0 Å². The van der Waals surface area contributed by atoms with Crippen molar-refractivity contribution in [3.05, 3.63) is 34.2 Å². The lowest BCUT2D eigenvalue weighted by Crippen LogP contribution is -2.21. The average Bonchev–Trinajstić information content (AvgIpc) is 2.12. The highest BCUT2D eigenvalue weighted by atomic mass is 16.1. The Labute approximate surface area is 85.6 Å². The van der Waals surface area contributed by atoms with E-state index in [-0.39, 0.29) is 5.56 Å². The van der Waals surface area contributed by atoms with Gasteiger partial charge in [0, 0.05) is 18.3 Å². The first-order chi connectivity index (χ1) is 6.61. The summed E-state index contributed by atoms with van der Waals surface area (Å²) in [7, 11) is 0. The van der Waals surface area contributed by atoms with E-state index in [0.717, 1.165) is 24.4 Å². The third kappa shape index (κ3) is 3.02. The van der Waals surface area contributed by atoms with Gasteiger partial charge in [-0.2, -0.15) is 0 Å². The summed E-state index contributed by atoms with van der Waals surface area (Å²) in [6.45, 7) is 7.12. The van der Waals surface area contributed by atoms with Crippen LogP contribution in [0.4, 0.5) is 0 Å². The Bertz CT molecular complexity index is 338. The van der Waals surface area contributed by atoms with Crippen LogP contribution in [-0.4, -0.2) is 4.57 Å². The van der Waals surface area contributed by atoms with Crippen molar-refractivity contribution >= 4 is 0 Å². The van der Waals surface area contributed by atoms with Gasteiger partial charge in [-0.15, -0.1) is 0 Å². The van der Waals surface area contributed by atoms with Gasteiger partial charge in [0.05, 0.1) is 0 Å². The van der Waals surface area contributed by atoms with Crippen LogP contribution in [0.2, 0.25) is 0 Å². The number of pyridine rings is 1. The highest BCUT2D eigenvalue weighted by Crippen LogP contribution is 2.04. The van der Waals surface area contributed by atoms with E-state index in [9.17, 15) is 4.79 Å². The minimum atomic E-state index is 0.149. The van der Waals surface area contributed by atoms with Gasteiger partial charge in [-0.25, -0.2) is 0 Å². The van der Waals surface area contributed by atoms with E-state index >= 15 is 0 Å². The summed E-state index contributed by atoms with van der Waals surface area (Å²) >= 11 is 0. The van der Waals surface area contributed by atoms with E-state index in [1.54, 1.807) is 4.57 Å². The van der Waals surface area contributed by atoms with Gasteiger partial charge in [0.1, 0.15) is 0 Å². The van der Waals surface area contributed by atoms with Crippen molar-refractivity contribution in [1.82, 2.24) is 4.57 Å². The predicted octanol–water partition coefficient (Wildman–Crippen LogP) is 2.59. The van der Waals surface area contributed by atoms with Crippen molar-refractivity contribution in [3.8, 4) is 0 Å². The van der Waals surface area contributed by atoms with Crippen molar-refractivity contribution in [3.63, 3.8) is 0 Å². The summed E-state index contributed by atoms with van der Waals surface area (Å²) in [4.78, 5) is 11.6. The van der Waals surface area contributed by atoms with Crippen molar-refractivity contribution in [1.29, 1.82) is 0 Å². The second-order valence-corrected chi connectivity index (χ2v) is 4.23. The smallest absolute Gasteiger partial charge is 0.253 e. The van der Waals surface area contributed by atoms with E-state index in [4.69, 9.17) is 0 Å². The van der Waals surface area contributed by atoms with Crippen LogP contribution in [0, 0.1) is 12.8 Å².